The van der Waals surface area contributed by atoms with Crippen LogP contribution in [0.4, 0.5) is 17.3 Å². The van der Waals surface area contributed by atoms with E-state index in [1.165, 1.54) is 71.2 Å². The third-order valence-electron chi connectivity index (χ3n) is 23.5. The van der Waals surface area contributed by atoms with E-state index in [0.717, 1.165) is 30.4 Å². The number of halogens is 1. The van der Waals surface area contributed by atoms with Crippen LogP contribution in [0.2, 0.25) is 5.02 Å². The van der Waals surface area contributed by atoms with Crippen molar-refractivity contribution in [1.29, 1.82) is 0 Å². The molecule has 50 heteroatoms. The van der Waals surface area contributed by atoms with E-state index in [1.807, 2.05) is 68.6 Å². The SMILES string of the molecule is CC(C)C/C=N\NC1=NC2C(N=CN2C2OC(CO)[C@@H](O)[C@H]2O)C(N)=N1.CCC#Cc1nc(N)c2ncn(C3OC(CO)[C@@H](O)[C@H]3O)c2n1.Cc1ccc(CCOc2nc(N)c3ncn(C4OC(CO)[C@@H](O)[C@H]4O)c3n2)cc1.NC1=NC(NNC=C2CCCCC2)=NC2C1N=CN2C1OC(CO)[C@@H](O)[C@H]1O.Nc1cc(OCCc2ccc(Cl)cc2)cc2c1ncn2C1OC(CO)C(O)C1O. The van der Waals surface area contributed by atoms with Crippen LogP contribution in [-0.2, 0) is 36.5 Å². The lowest BCUT2D eigenvalue weighted by Crippen LogP contribution is -2.53. The number of nitrogen functional groups attached to an aromatic ring is 3. The summed E-state index contributed by atoms with van der Waals surface area (Å²) in [6, 6.07) is 18.2. The number of ether oxygens (including phenoxy) is 7. The first kappa shape index (κ1) is 99.3. The topological polar surface area (TPSA) is 732 Å². The number of aromatic nitrogens is 10. The number of imidazole rings is 3. The minimum absolute atomic E-state index is 0.0793. The molecular formula is C85H114ClN27O22. The summed E-state index contributed by atoms with van der Waals surface area (Å²) in [6.07, 6.45) is -2.68. The van der Waals surface area contributed by atoms with E-state index in [1.54, 1.807) is 32.7 Å². The summed E-state index contributed by atoms with van der Waals surface area (Å²) in [5, 5.41) is 152. The first-order valence-corrected chi connectivity index (χ1v) is 44.2. The number of nitrogens with zero attached hydrogens (tertiary/aromatic N) is 19. The molecule has 135 heavy (non-hydrogen) atoms. The Hall–Kier alpha value is -11.7. The van der Waals surface area contributed by atoms with Gasteiger partial charge < -0.3 is 158 Å². The molecule has 8 aromatic rings. The number of hydrazine groups is 1. The van der Waals surface area contributed by atoms with Crippen LogP contribution in [0.3, 0.4) is 0 Å². The number of amidine groups is 2. The molecule has 0 spiro atoms. The van der Waals surface area contributed by atoms with Gasteiger partial charge in [-0.1, -0.05) is 92.2 Å². The number of aliphatic hydroxyl groups excluding tert-OH is 15. The number of guanidine groups is 2. The Kier molecular flexibility index (Phi) is 33.0. The van der Waals surface area contributed by atoms with Crippen molar-refractivity contribution in [1.82, 2.24) is 74.7 Å². The molecule has 18 rings (SSSR count). The molecule has 9 aliphatic heterocycles. The quantitative estimate of drug-likeness (QED) is 0.0126. The minimum Gasteiger partial charge on any atom is -0.493 e. The zero-order valence-corrected chi connectivity index (χ0v) is 74.6. The first-order chi connectivity index (χ1) is 65.0. The number of benzene rings is 3. The highest BCUT2D eigenvalue weighted by atomic mass is 35.5. The lowest BCUT2D eigenvalue weighted by molar-refractivity contribution is -0.0779. The number of hydrogen-bond donors (Lipinski definition) is 23. The third kappa shape index (κ3) is 22.5. The summed E-state index contributed by atoms with van der Waals surface area (Å²) < 4.78 is 43.8. The van der Waals surface area contributed by atoms with Gasteiger partial charge in [0, 0.05) is 48.8 Å². The minimum atomic E-state index is -1.26. The second-order valence-corrected chi connectivity index (χ2v) is 33.9. The number of hydrogen-bond acceptors (Lipinski definition) is 46. The Labute approximate surface area is 776 Å². The van der Waals surface area contributed by atoms with Crippen LogP contribution in [0.5, 0.6) is 11.8 Å². The van der Waals surface area contributed by atoms with Crippen LogP contribution in [0, 0.1) is 24.7 Å². The number of rotatable bonds is 23. The van der Waals surface area contributed by atoms with E-state index in [9.17, 15) is 76.6 Å². The fraction of sp³-hybridized carbons (Fsp3) is 0.529. The molecule has 1 aliphatic carbocycles. The fourth-order valence-electron chi connectivity index (χ4n) is 16.1. The number of aryl methyl sites for hydroxylation is 1. The molecule has 10 aliphatic rings. The fourth-order valence-corrected chi connectivity index (χ4v) is 16.2. The lowest BCUT2D eigenvalue weighted by atomic mass is 9.96. The van der Waals surface area contributed by atoms with Crippen LogP contribution in [0.25, 0.3) is 33.4 Å². The average Bonchev–Trinajstić information content (AvgIpc) is 1.64. The highest BCUT2D eigenvalue weighted by Gasteiger charge is 2.53. The zero-order valence-electron chi connectivity index (χ0n) is 73.9. The standard InChI is InChI=1S/C20H22ClN3O5.C19H23N5O5.C17H27N7O4.C15H25N7O4.C14H17N5O4/c21-12-3-1-11(2-4-12)5-6-28-13-7-14(22)17-15(8-13)24(10-23-17)20-19(27)18(26)16(9-25)29-20;1-10-2-4-11(5-3-10)6-7-28-19-22-16(20)13-17(23-19)24(9-21-13)18-15(27)14(26)12(8-25)29-18;18-14-11-15(22-17(21-14)23-20-6-9-4-2-1-3-5-9)24(8-19-11)16-13(27)12(26)10(7-25)28-16;1-7(2)3-4-18-21-15-19-12(16)9-13(20-15)22(6-17-9)14-11(25)10(24)8(5-23)26-14;1-2-3-4-8-17-12(15)9-13(18-8)19(6-16-9)14-11(22)10(21)7(5-20)23-14/h1-4,7-8,10,16,18-20,25-27H,5-6,9,22H2;2-5,9,12,14-15,18,25-27H,6-8H2,1H3,(H2,20,22,23);6,8,10-13,15-16,20,25-27H,1-5,7H2,(H3,18,21,22,23);4,6-11,13-14,23-25H,3,5H2,1-2H3,(H3,16,19,20,21);6-7,10-11,14,20-22H,2,5H2,1H3,(H2,15,17,18)/b;;;18-4-;/t;12?,14-,15-,18?;10?,11?,12-,13-,15?,16?;8?,9?,10-,11-,13?,14?;7?,10-,11-,14?/m.1111/s1. The Balaban J connectivity index is 0.000000136. The molecule has 14 heterocycles. The second-order valence-electron chi connectivity index (χ2n) is 33.4. The molecule has 1 saturated carbocycles. The van der Waals surface area contributed by atoms with Crippen LogP contribution >= 0.6 is 11.6 Å². The Bertz CT molecular complexity index is 5520. The summed E-state index contributed by atoms with van der Waals surface area (Å²) in [5.41, 5.74) is 46.4. The Morgan fingerprint density at radius 3 is 1.50 bits per heavy atom. The molecule has 28 N–H and O–H groups in total. The van der Waals surface area contributed by atoms with Gasteiger partial charge in [-0.3, -0.25) is 24.5 Å². The Morgan fingerprint density at radius 2 is 0.993 bits per heavy atom. The number of nitrogens with two attached hydrogens (primary N) is 5. The van der Waals surface area contributed by atoms with Gasteiger partial charge in [-0.05, 0) is 74.1 Å². The largest absolute Gasteiger partial charge is 0.493 e. The monoisotopic (exact) mass is 1900 g/mol. The molecular weight excluding hydrogens is 1790 g/mol. The van der Waals surface area contributed by atoms with Crippen molar-refractivity contribution in [2.45, 2.75) is 233 Å². The van der Waals surface area contributed by atoms with Gasteiger partial charge in [-0.15, -0.1) is 0 Å². The molecule has 728 valence electrons. The molecule has 3 aromatic carbocycles. The average molecular weight is 1900 g/mol. The smallest absolute Gasteiger partial charge is 0.320 e. The van der Waals surface area contributed by atoms with Crippen LogP contribution in [-0.4, -0.2) is 352 Å². The van der Waals surface area contributed by atoms with E-state index in [0.29, 0.717) is 100 Å². The van der Waals surface area contributed by atoms with E-state index < -0.39 is 180 Å². The molecule has 0 bridgehead atoms. The zero-order chi connectivity index (χ0) is 96.2. The van der Waals surface area contributed by atoms with E-state index in [4.69, 9.17) is 73.4 Å². The summed E-state index contributed by atoms with van der Waals surface area (Å²) in [5.74, 6) is 8.30. The van der Waals surface area contributed by atoms with Gasteiger partial charge in [-0.25, -0.2) is 40.3 Å². The van der Waals surface area contributed by atoms with Crippen molar-refractivity contribution in [3.05, 3.63) is 119 Å². The normalized spacial score (nSPS) is 29.9. The summed E-state index contributed by atoms with van der Waals surface area (Å²) in [6.45, 7) is 6.86. The number of fused-ring (bicyclic) bond motifs is 5. The van der Waals surface area contributed by atoms with Crippen LogP contribution < -0.4 is 54.4 Å². The van der Waals surface area contributed by atoms with E-state index in [2.05, 4.69) is 112 Å². The molecule has 0 amide bonds. The number of aliphatic imine (C=N–C) groups is 6. The Morgan fingerprint density at radius 1 is 0.541 bits per heavy atom. The van der Waals surface area contributed by atoms with E-state index >= 15 is 0 Å². The molecule has 0 radical (unpaired) electrons. The molecule has 49 nitrogen and oxygen atoms in total. The van der Waals surface area contributed by atoms with Crippen LogP contribution in [0.1, 0.15) is 107 Å². The molecule has 6 fully saturated rings. The molecule has 5 saturated heterocycles. The predicted octanol–water partition coefficient (Wildman–Crippen LogP) is -3.82. The van der Waals surface area contributed by atoms with Gasteiger partial charge in [0.2, 0.25) is 17.7 Å². The number of anilines is 3. The van der Waals surface area contributed by atoms with Gasteiger partial charge >= 0.3 is 6.01 Å². The third-order valence-corrected chi connectivity index (χ3v) is 23.8. The molecule has 24 atom stereocenters. The summed E-state index contributed by atoms with van der Waals surface area (Å²) in [7, 11) is 0. The maximum Gasteiger partial charge on any atom is 0.320 e. The number of nitrogens with one attached hydrogen (secondary N) is 3. The molecule has 16 unspecified atom stereocenters. The van der Waals surface area contributed by atoms with Crippen molar-refractivity contribution in [3.63, 3.8) is 0 Å². The maximum atomic E-state index is 10.3. The van der Waals surface area contributed by atoms with Gasteiger partial charge in [0.1, 0.15) is 132 Å². The first-order valence-electron chi connectivity index (χ1n) is 43.9. The highest BCUT2D eigenvalue weighted by Crippen LogP contribution is 2.39. The second kappa shape index (κ2) is 44.9. The van der Waals surface area contributed by atoms with Crippen molar-refractivity contribution < 1.29 is 110 Å². The number of hydrazone groups is 1. The van der Waals surface area contributed by atoms with Gasteiger partial charge in [0.15, 0.2) is 71.9 Å². The predicted molar refractivity (Wildman–Crippen MR) is 489 cm³/mol. The lowest BCUT2D eigenvalue weighted by Gasteiger charge is -2.32. The highest BCUT2D eigenvalue weighted by molar-refractivity contribution is 6.30. The van der Waals surface area contributed by atoms with Crippen molar-refractivity contribution >= 4 is 105 Å². The van der Waals surface area contributed by atoms with Crippen molar-refractivity contribution in [2.24, 2.45) is 52.4 Å². The van der Waals surface area contributed by atoms with E-state index in [-0.39, 0.29) is 35.3 Å². The van der Waals surface area contributed by atoms with Crippen LogP contribution in [0.15, 0.2) is 126 Å². The van der Waals surface area contributed by atoms with Gasteiger partial charge in [0.25, 0.3) is 0 Å². The summed E-state index contributed by atoms with van der Waals surface area (Å²) >= 11 is 5.90. The number of aliphatic hydroxyl groups is 15. The maximum absolute atomic E-state index is 10.3. The van der Waals surface area contributed by atoms with Crippen molar-refractivity contribution in [2.75, 3.05) is 63.4 Å². The molecule has 5 aromatic heterocycles. The number of allylic oxidation sites excluding steroid dienone is 1. The van der Waals surface area contributed by atoms with Gasteiger partial charge in [0.05, 0.1) is 89.1 Å². The van der Waals surface area contributed by atoms with Gasteiger partial charge in [-0.2, -0.15) is 25.1 Å². The summed E-state index contributed by atoms with van der Waals surface area (Å²) in [4.78, 5) is 58.5. The van der Waals surface area contributed by atoms with Crippen molar-refractivity contribution in [3.8, 4) is 23.6 Å².